The predicted molar refractivity (Wildman–Crippen MR) is 49.6 cm³/mol. The van der Waals surface area contributed by atoms with E-state index in [1.54, 1.807) is 6.07 Å². The predicted octanol–water partition coefficient (Wildman–Crippen LogP) is 3.56. The van der Waals surface area contributed by atoms with E-state index in [1.165, 1.54) is 7.11 Å². The van der Waals surface area contributed by atoms with Crippen molar-refractivity contribution in [2.45, 2.75) is 0 Å². The molecule has 0 bridgehead atoms. The molecule has 1 rings (SSSR count). The first-order valence-electron chi connectivity index (χ1n) is 2.76. The van der Waals surface area contributed by atoms with Gasteiger partial charge in [-0.2, -0.15) is 0 Å². The van der Waals surface area contributed by atoms with Crippen molar-refractivity contribution in [3.05, 3.63) is 26.7 Å². The average molecular weight is 255 g/mol. The van der Waals surface area contributed by atoms with Gasteiger partial charge in [0.25, 0.3) is 0 Å². The van der Waals surface area contributed by atoms with Crippen LogP contribution in [0.4, 0.5) is 0 Å². The van der Waals surface area contributed by atoms with Crippen molar-refractivity contribution in [2.75, 3.05) is 7.11 Å². The van der Waals surface area contributed by atoms with Gasteiger partial charge in [-0.3, -0.25) is 0 Å². The molecule has 0 saturated carbocycles. The third-order valence-electron chi connectivity index (χ3n) is 1.14. The molecule has 1 aromatic rings. The topological polar surface area (TPSA) is 9.23 Å². The second-order valence-corrected chi connectivity index (χ2v) is 3.41. The van der Waals surface area contributed by atoms with E-state index in [0.717, 1.165) is 4.47 Å². The third kappa shape index (κ3) is 1.81. The summed E-state index contributed by atoms with van der Waals surface area (Å²) in [5.41, 5.74) is 0. The van der Waals surface area contributed by atoms with Crippen LogP contribution < -0.4 is 4.74 Å². The number of hydrogen-bond donors (Lipinski definition) is 0. The summed E-state index contributed by atoms with van der Waals surface area (Å²) in [6.45, 7) is 0. The molecule has 0 saturated heterocycles. The minimum Gasteiger partial charge on any atom is -0.494 e. The molecule has 0 aliphatic carbocycles. The molecule has 0 amide bonds. The van der Waals surface area contributed by atoms with Gasteiger partial charge < -0.3 is 4.74 Å². The number of ether oxygens (including phenoxy) is 1. The summed E-state index contributed by atoms with van der Waals surface area (Å²) in [5, 5.41) is 0.746. The molecule has 0 unspecified atom stereocenters. The third-order valence-corrected chi connectivity index (χ3v) is 2.48. The fourth-order valence-electron chi connectivity index (χ4n) is 0.647. The normalized spacial score (nSPS) is 9.82. The van der Waals surface area contributed by atoms with Gasteiger partial charge in [-0.1, -0.05) is 23.2 Å². The molecule has 4 heteroatoms. The van der Waals surface area contributed by atoms with Gasteiger partial charge in [0.2, 0.25) is 0 Å². The highest BCUT2D eigenvalue weighted by molar-refractivity contribution is 9.10. The Balaban J connectivity index is 3.29. The standard InChI is InChI=1S/C7H4BrCl2O/c1-11-7-4(8)2-3-5(9)6(7)10/h2H,1H3. The van der Waals surface area contributed by atoms with E-state index in [-0.39, 0.29) is 0 Å². The smallest absolute Gasteiger partial charge is 0.153 e. The highest BCUT2D eigenvalue weighted by Crippen LogP contribution is 2.37. The Morgan fingerprint density at radius 2 is 2.18 bits per heavy atom. The molecule has 0 atom stereocenters. The zero-order valence-electron chi connectivity index (χ0n) is 5.62. The Hall–Kier alpha value is 0.0800. The number of methoxy groups -OCH3 is 1. The lowest BCUT2D eigenvalue weighted by molar-refractivity contribution is 0.412. The van der Waals surface area contributed by atoms with E-state index in [0.29, 0.717) is 15.8 Å². The van der Waals surface area contributed by atoms with Crippen molar-refractivity contribution >= 4 is 39.1 Å². The lowest BCUT2D eigenvalue weighted by Gasteiger charge is -2.05. The zero-order valence-corrected chi connectivity index (χ0v) is 8.72. The van der Waals surface area contributed by atoms with Crippen LogP contribution in [0.5, 0.6) is 5.75 Å². The van der Waals surface area contributed by atoms with Crippen molar-refractivity contribution < 1.29 is 4.74 Å². The molecule has 0 aliphatic heterocycles. The number of rotatable bonds is 1. The average Bonchev–Trinajstić information content (AvgIpc) is 1.99. The highest BCUT2D eigenvalue weighted by Gasteiger charge is 2.08. The lowest BCUT2D eigenvalue weighted by Crippen LogP contribution is -1.85. The Bertz CT molecular complexity index is 275. The molecule has 11 heavy (non-hydrogen) atoms. The van der Waals surface area contributed by atoms with E-state index in [9.17, 15) is 0 Å². The molecule has 0 spiro atoms. The largest absolute Gasteiger partial charge is 0.494 e. The van der Waals surface area contributed by atoms with Gasteiger partial charge in [0.15, 0.2) is 5.75 Å². The van der Waals surface area contributed by atoms with Gasteiger partial charge >= 0.3 is 0 Å². The van der Waals surface area contributed by atoms with Crippen LogP contribution in [0.15, 0.2) is 10.5 Å². The van der Waals surface area contributed by atoms with Crippen LogP contribution >= 0.6 is 39.1 Å². The molecule has 1 radical (unpaired) electrons. The maximum absolute atomic E-state index is 5.78. The van der Waals surface area contributed by atoms with Gasteiger partial charge in [-0.15, -0.1) is 0 Å². The molecule has 59 valence electrons. The first kappa shape index (κ1) is 9.17. The first-order valence-corrected chi connectivity index (χ1v) is 4.31. The molecule has 0 aliphatic rings. The fourth-order valence-corrected chi connectivity index (χ4v) is 1.61. The maximum Gasteiger partial charge on any atom is 0.153 e. The Labute approximate surface area is 83.4 Å². The van der Waals surface area contributed by atoms with Gasteiger partial charge in [-0.05, 0) is 22.0 Å². The van der Waals surface area contributed by atoms with Crippen molar-refractivity contribution in [1.82, 2.24) is 0 Å². The van der Waals surface area contributed by atoms with Gasteiger partial charge in [0.1, 0.15) is 5.02 Å². The summed E-state index contributed by atoms with van der Waals surface area (Å²) >= 11 is 14.7. The van der Waals surface area contributed by atoms with Crippen molar-refractivity contribution in [2.24, 2.45) is 0 Å². The molecular weight excluding hydrogens is 251 g/mol. The monoisotopic (exact) mass is 253 g/mol. The number of hydrogen-bond acceptors (Lipinski definition) is 1. The van der Waals surface area contributed by atoms with E-state index in [4.69, 9.17) is 27.9 Å². The second kappa shape index (κ2) is 3.65. The zero-order chi connectivity index (χ0) is 8.43. The molecule has 0 aromatic heterocycles. The van der Waals surface area contributed by atoms with E-state index in [2.05, 4.69) is 22.0 Å². The summed E-state index contributed by atoms with van der Waals surface area (Å²) in [6, 6.07) is 4.41. The van der Waals surface area contributed by atoms with Crippen molar-refractivity contribution in [3.8, 4) is 5.75 Å². The van der Waals surface area contributed by atoms with Gasteiger partial charge in [0, 0.05) is 6.07 Å². The molecule has 0 N–H and O–H groups in total. The maximum atomic E-state index is 5.78. The molecule has 0 heterocycles. The van der Waals surface area contributed by atoms with Gasteiger partial charge in [-0.25, -0.2) is 0 Å². The summed E-state index contributed by atoms with van der Waals surface area (Å²) in [6.07, 6.45) is 0. The highest BCUT2D eigenvalue weighted by atomic mass is 79.9. The SMILES string of the molecule is COc1c(Br)c[c]c(Cl)c1Cl. The van der Waals surface area contributed by atoms with Crippen molar-refractivity contribution in [1.29, 1.82) is 0 Å². The first-order chi connectivity index (χ1) is 5.16. The fraction of sp³-hybridized carbons (Fsp3) is 0.143. The van der Waals surface area contributed by atoms with Crippen molar-refractivity contribution in [3.63, 3.8) is 0 Å². The van der Waals surface area contributed by atoms with Crippen LogP contribution in [0.3, 0.4) is 0 Å². The van der Waals surface area contributed by atoms with Crippen LogP contribution in [0.25, 0.3) is 0 Å². The summed E-state index contributed by atoms with van der Waals surface area (Å²) in [4.78, 5) is 0. The summed E-state index contributed by atoms with van der Waals surface area (Å²) in [7, 11) is 1.53. The minimum atomic E-state index is 0.367. The number of benzene rings is 1. The van der Waals surface area contributed by atoms with E-state index < -0.39 is 0 Å². The van der Waals surface area contributed by atoms with E-state index >= 15 is 0 Å². The molecule has 0 fully saturated rings. The lowest BCUT2D eigenvalue weighted by atomic mass is 10.3. The Kier molecular flexibility index (Phi) is 3.05. The molecular formula is C7H4BrCl2O. The van der Waals surface area contributed by atoms with Crippen LogP contribution in [0, 0.1) is 6.07 Å². The summed E-state index contributed by atoms with van der Waals surface area (Å²) in [5.74, 6) is 0.537. The van der Waals surface area contributed by atoms with Crippen LogP contribution in [-0.2, 0) is 0 Å². The van der Waals surface area contributed by atoms with Crippen LogP contribution in [0.1, 0.15) is 0 Å². The minimum absolute atomic E-state index is 0.367. The van der Waals surface area contributed by atoms with Crippen LogP contribution in [0.2, 0.25) is 10.0 Å². The van der Waals surface area contributed by atoms with E-state index in [1.807, 2.05) is 0 Å². The molecule has 1 nitrogen and oxygen atoms in total. The number of halogens is 3. The van der Waals surface area contributed by atoms with Gasteiger partial charge in [0.05, 0.1) is 16.6 Å². The molecule has 1 aromatic carbocycles. The quantitative estimate of drug-likeness (QED) is 0.697. The summed E-state index contributed by atoms with van der Waals surface area (Å²) < 4.78 is 5.72. The van der Waals surface area contributed by atoms with Crippen LogP contribution in [-0.4, -0.2) is 7.11 Å². The Morgan fingerprint density at radius 1 is 1.55 bits per heavy atom. The Morgan fingerprint density at radius 3 is 2.64 bits per heavy atom. The second-order valence-electron chi connectivity index (χ2n) is 1.80.